The highest BCUT2D eigenvalue weighted by Gasteiger charge is 2.37. The maximum absolute atomic E-state index is 12.9. The zero-order valence-corrected chi connectivity index (χ0v) is 11.7. The third-order valence-corrected chi connectivity index (χ3v) is 3.67. The van der Waals surface area contributed by atoms with E-state index < -0.39 is 11.9 Å². The lowest BCUT2D eigenvalue weighted by Gasteiger charge is -2.09. The smallest absolute Gasteiger partial charge is 0.433 e. The molecule has 1 aromatic heterocycles. The van der Waals surface area contributed by atoms with Crippen molar-refractivity contribution in [3.8, 4) is 11.5 Å². The number of rotatable bonds is 2. The van der Waals surface area contributed by atoms with E-state index in [1.807, 2.05) is 5.10 Å². The predicted octanol–water partition coefficient (Wildman–Crippen LogP) is 4.05. The van der Waals surface area contributed by atoms with Crippen LogP contribution in [0.15, 0.2) is 12.1 Å². The zero-order valence-electron chi connectivity index (χ0n) is 10.2. The number of hydrogen-bond acceptors (Lipinski definition) is 3. The molecule has 0 fully saturated rings. The number of hydrogen-bond donors (Lipinski definition) is 1. The number of aromatic amines is 1. The van der Waals surface area contributed by atoms with Crippen LogP contribution < -0.4 is 9.47 Å². The zero-order chi connectivity index (χ0) is 15.2. The van der Waals surface area contributed by atoms with Gasteiger partial charge in [0.25, 0.3) is 0 Å². The molecule has 0 radical (unpaired) electrons. The number of alkyl halides is 3. The van der Waals surface area contributed by atoms with Crippen molar-refractivity contribution in [2.45, 2.75) is 12.6 Å². The van der Waals surface area contributed by atoms with Crippen LogP contribution in [0.1, 0.15) is 16.8 Å². The first-order valence-electron chi connectivity index (χ1n) is 5.74. The number of fused-ring (bicyclic) bond motifs is 1. The molecule has 9 heteroatoms. The van der Waals surface area contributed by atoms with Gasteiger partial charge in [0.15, 0.2) is 16.7 Å². The lowest BCUT2D eigenvalue weighted by Crippen LogP contribution is -2.09. The highest BCUT2D eigenvalue weighted by atomic mass is 35.5. The van der Waals surface area contributed by atoms with Crippen molar-refractivity contribution in [1.29, 1.82) is 0 Å². The van der Waals surface area contributed by atoms with E-state index in [9.17, 15) is 13.2 Å². The molecule has 112 valence electrons. The minimum absolute atomic E-state index is 0.0510. The lowest BCUT2D eigenvalue weighted by molar-refractivity contribution is -0.141. The van der Waals surface area contributed by atoms with E-state index in [4.69, 9.17) is 32.7 Å². The summed E-state index contributed by atoms with van der Waals surface area (Å²) in [5, 5.41) is 5.33. The van der Waals surface area contributed by atoms with Gasteiger partial charge in [-0.25, -0.2) is 0 Å². The summed E-state index contributed by atoms with van der Waals surface area (Å²) in [6.07, 6.45) is -4.70. The molecule has 0 unspecified atom stereocenters. The summed E-state index contributed by atoms with van der Waals surface area (Å²) in [7, 11) is 0. The molecule has 3 rings (SSSR count). The molecule has 0 aliphatic carbocycles. The first kappa shape index (κ1) is 14.3. The number of benzene rings is 1. The van der Waals surface area contributed by atoms with Crippen molar-refractivity contribution in [3.05, 3.63) is 39.1 Å². The van der Waals surface area contributed by atoms with E-state index in [0.29, 0.717) is 17.1 Å². The van der Waals surface area contributed by atoms with Crippen LogP contribution in [-0.4, -0.2) is 17.0 Å². The third-order valence-electron chi connectivity index (χ3n) is 3.01. The van der Waals surface area contributed by atoms with Crippen LogP contribution >= 0.6 is 23.2 Å². The maximum atomic E-state index is 12.9. The number of nitrogens with one attached hydrogen (secondary N) is 1. The van der Waals surface area contributed by atoms with Crippen molar-refractivity contribution < 1.29 is 22.6 Å². The predicted molar refractivity (Wildman–Crippen MR) is 69.0 cm³/mol. The Labute approximate surface area is 126 Å². The summed E-state index contributed by atoms with van der Waals surface area (Å²) in [4.78, 5) is 0. The Balaban J connectivity index is 2.00. The number of H-pyrrole nitrogens is 1. The van der Waals surface area contributed by atoms with Gasteiger partial charge in [-0.1, -0.05) is 23.2 Å². The van der Waals surface area contributed by atoms with E-state index in [2.05, 4.69) is 5.10 Å². The Morgan fingerprint density at radius 1 is 1.19 bits per heavy atom. The second kappa shape index (κ2) is 4.99. The van der Waals surface area contributed by atoms with Crippen molar-refractivity contribution >= 4 is 23.2 Å². The van der Waals surface area contributed by atoms with Crippen LogP contribution in [0.5, 0.6) is 11.5 Å². The van der Waals surface area contributed by atoms with Gasteiger partial charge in [-0.2, -0.15) is 18.3 Å². The Morgan fingerprint density at radius 3 is 2.52 bits per heavy atom. The van der Waals surface area contributed by atoms with Crippen LogP contribution in [-0.2, 0) is 12.6 Å². The van der Waals surface area contributed by atoms with E-state index in [-0.39, 0.29) is 29.0 Å². The van der Waals surface area contributed by atoms with Crippen LogP contribution in [0.2, 0.25) is 10.2 Å². The standard InChI is InChI=1S/C12H7Cl2F3N2O2/c13-7-3-9-8(20-4-21-9)2-5(7)1-6-10(12(15,16)17)18-19-11(6)14/h2-3H,1,4H2,(H,18,19). The van der Waals surface area contributed by atoms with Gasteiger partial charge in [-0.3, -0.25) is 5.10 Å². The third kappa shape index (κ3) is 2.63. The van der Waals surface area contributed by atoms with Crippen LogP contribution in [0.4, 0.5) is 13.2 Å². The SMILES string of the molecule is FC(F)(F)c1[nH]nc(Cl)c1Cc1cc2c(cc1Cl)OCO2. The topological polar surface area (TPSA) is 47.1 Å². The second-order valence-corrected chi connectivity index (χ2v) is 5.10. The molecule has 0 saturated heterocycles. The Bertz CT molecular complexity index is 701. The van der Waals surface area contributed by atoms with Gasteiger partial charge < -0.3 is 9.47 Å². The largest absolute Gasteiger partial charge is 0.454 e. The molecule has 2 aromatic rings. The molecule has 4 nitrogen and oxygen atoms in total. The Kier molecular flexibility index (Phi) is 3.41. The fraction of sp³-hybridized carbons (Fsp3) is 0.250. The minimum Gasteiger partial charge on any atom is -0.454 e. The number of ether oxygens (including phenoxy) is 2. The monoisotopic (exact) mass is 338 g/mol. The lowest BCUT2D eigenvalue weighted by atomic mass is 10.0. The van der Waals surface area contributed by atoms with E-state index in [0.717, 1.165) is 0 Å². The average molecular weight is 339 g/mol. The molecule has 0 atom stereocenters. The van der Waals surface area contributed by atoms with E-state index in [1.54, 1.807) is 0 Å². The fourth-order valence-electron chi connectivity index (χ4n) is 2.02. The quantitative estimate of drug-likeness (QED) is 0.898. The first-order chi connectivity index (χ1) is 9.86. The summed E-state index contributed by atoms with van der Waals surface area (Å²) in [6, 6.07) is 3.04. The van der Waals surface area contributed by atoms with Crippen molar-refractivity contribution in [2.24, 2.45) is 0 Å². The molecule has 1 aliphatic rings. The second-order valence-electron chi connectivity index (χ2n) is 4.34. The average Bonchev–Trinajstić information content (AvgIpc) is 2.96. The van der Waals surface area contributed by atoms with Crippen LogP contribution in [0.25, 0.3) is 0 Å². The van der Waals surface area contributed by atoms with Crippen LogP contribution in [0, 0.1) is 0 Å². The molecule has 2 heterocycles. The van der Waals surface area contributed by atoms with Crippen molar-refractivity contribution in [3.63, 3.8) is 0 Å². The maximum Gasteiger partial charge on any atom is 0.433 e. The van der Waals surface area contributed by atoms with Crippen molar-refractivity contribution in [2.75, 3.05) is 6.79 Å². The van der Waals surface area contributed by atoms with Gasteiger partial charge in [0, 0.05) is 23.1 Å². The molecule has 0 bridgehead atoms. The molecule has 21 heavy (non-hydrogen) atoms. The normalized spacial score (nSPS) is 13.8. The van der Waals surface area contributed by atoms with Crippen molar-refractivity contribution in [1.82, 2.24) is 10.2 Å². The van der Waals surface area contributed by atoms with Gasteiger partial charge in [0.2, 0.25) is 6.79 Å². The number of nitrogens with zero attached hydrogens (tertiary/aromatic N) is 1. The highest BCUT2D eigenvalue weighted by Crippen LogP contribution is 2.40. The molecular weight excluding hydrogens is 332 g/mol. The Morgan fingerprint density at radius 2 is 1.86 bits per heavy atom. The molecule has 1 N–H and O–H groups in total. The van der Waals surface area contributed by atoms with E-state index in [1.165, 1.54) is 12.1 Å². The van der Waals surface area contributed by atoms with Crippen LogP contribution in [0.3, 0.4) is 0 Å². The van der Waals surface area contributed by atoms with Gasteiger partial charge in [-0.05, 0) is 11.6 Å². The molecular formula is C12H7Cl2F3N2O2. The van der Waals surface area contributed by atoms with Gasteiger partial charge >= 0.3 is 6.18 Å². The summed E-state index contributed by atoms with van der Waals surface area (Å²) in [5.74, 6) is 0.890. The fourth-order valence-corrected chi connectivity index (χ4v) is 2.45. The molecule has 1 aliphatic heterocycles. The summed E-state index contributed by atoms with van der Waals surface area (Å²) in [5.41, 5.74) is -0.708. The van der Waals surface area contributed by atoms with E-state index >= 15 is 0 Å². The Hall–Kier alpha value is -1.60. The summed E-state index contributed by atoms with van der Waals surface area (Å²) in [6.45, 7) is 0.0510. The van der Waals surface area contributed by atoms with Gasteiger partial charge in [0.1, 0.15) is 5.69 Å². The highest BCUT2D eigenvalue weighted by molar-refractivity contribution is 6.32. The molecule has 0 spiro atoms. The number of aromatic nitrogens is 2. The summed E-state index contributed by atoms with van der Waals surface area (Å²) >= 11 is 11.8. The molecule has 0 saturated carbocycles. The molecule has 0 amide bonds. The van der Waals surface area contributed by atoms with Gasteiger partial charge in [0.05, 0.1) is 0 Å². The summed E-state index contributed by atoms with van der Waals surface area (Å²) < 4.78 is 49.0. The first-order valence-corrected chi connectivity index (χ1v) is 6.50. The molecule has 1 aromatic carbocycles. The minimum atomic E-state index is -4.57. The van der Waals surface area contributed by atoms with Gasteiger partial charge in [-0.15, -0.1) is 0 Å². The number of halogens is 5.